The van der Waals surface area contributed by atoms with Crippen molar-refractivity contribution in [2.24, 2.45) is 0 Å². The van der Waals surface area contributed by atoms with Crippen molar-refractivity contribution in [2.75, 3.05) is 0 Å². The number of nitrogens with one attached hydrogen (secondary N) is 1. The van der Waals surface area contributed by atoms with Crippen LogP contribution in [0.2, 0.25) is 0 Å². The quantitative estimate of drug-likeness (QED) is 0.800. The van der Waals surface area contributed by atoms with Crippen LogP contribution < -0.4 is 5.32 Å². The van der Waals surface area contributed by atoms with E-state index in [1.807, 2.05) is 0 Å². The van der Waals surface area contributed by atoms with Crippen molar-refractivity contribution < 1.29 is 32.3 Å². The highest BCUT2D eigenvalue weighted by Gasteiger charge is 2.40. The van der Waals surface area contributed by atoms with Crippen LogP contribution in [0.1, 0.15) is 30.4 Å². The van der Waals surface area contributed by atoms with E-state index in [0.717, 1.165) is 6.07 Å². The Balaban J connectivity index is 1.80. The van der Waals surface area contributed by atoms with Crippen molar-refractivity contribution in [3.63, 3.8) is 0 Å². The third kappa shape index (κ3) is 3.51. The van der Waals surface area contributed by atoms with E-state index in [1.54, 1.807) is 11.4 Å². The third-order valence-electron chi connectivity index (χ3n) is 4.70. The van der Waals surface area contributed by atoms with Gasteiger partial charge >= 0.3 is 18.2 Å². The summed E-state index contributed by atoms with van der Waals surface area (Å²) in [6.45, 7) is -0.382. The van der Waals surface area contributed by atoms with E-state index < -0.39 is 24.0 Å². The zero-order chi connectivity index (χ0) is 19.1. The van der Waals surface area contributed by atoms with Crippen LogP contribution in [-0.4, -0.2) is 40.3 Å². The maximum Gasteiger partial charge on any atom is 0.471 e. The Bertz CT molecular complexity index is 776. The molecule has 2 amide bonds. The minimum absolute atomic E-state index is 0.227. The molecule has 2 N–H and O–H groups in total. The second kappa shape index (κ2) is 6.62. The lowest BCUT2D eigenvalue weighted by atomic mass is 9.93. The van der Waals surface area contributed by atoms with Gasteiger partial charge in [-0.15, -0.1) is 0 Å². The van der Waals surface area contributed by atoms with Gasteiger partial charge in [0.05, 0.1) is 6.04 Å². The third-order valence-corrected chi connectivity index (χ3v) is 4.70. The first-order valence-corrected chi connectivity index (χ1v) is 8.02. The van der Waals surface area contributed by atoms with Gasteiger partial charge in [-0.1, -0.05) is 12.1 Å². The number of rotatable bonds is 3. The molecule has 1 aromatic rings. The largest absolute Gasteiger partial charge is 0.471 e. The average molecular weight is 372 g/mol. The van der Waals surface area contributed by atoms with E-state index in [2.05, 4.69) is 0 Å². The summed E-state index contributed by atoms with van der Waals surface area (Å²) in [7, 11) is 0. The van der Waals surface area contributed by atoms with Gasteiger partial charge in [0.1, 0.15) is 5.82 Å². The molecule has 2 heterocycles. The molecule has 0 aromatic heterocycles. The molecule has 26 heavy (non-hydrogen) atoms. The smallest absolute Gasteiger partial charge is 0.465 e. The Morgan fingerprint density at radius 1 is 1.27 bits per heavy atom. The molecule has 1 aromatic carbocycles. The first-order chi connectivity index (χ1) is 12.2. The van der Waals surface area contributed by atoms with Crippen LogP contribution in [0.4, 0.5) is 22.4 Å². The minimum atomic E-state index is -4.98. The molecule has 2 aliphatic rings. The number of carboxylic acid groups (broad SMARTS) is 1. The van der Waals surface area contributed by atoms with E-state index in [4.69, 9.17) is 0 Å². The number of benzene rings is 1. The number of hydrogen-bond donors (Lipinski definition) is 2. The molecule has 0 aliphatic carbocycles. The predicted octanol–water partition coefficient (Wildman–Crippen LogP) is 3.30. The minimum Gasteiger partial charge on any atom is -0.465 e. The van der Waals surface area contributed by atoms with Crippen molar-refractivity contribution in [1.82, 2.24) is 10.2 Å². The lowest BCUT2D eigenvalue weighted by Gasteiger charge is -2.32. The highest BCUT2D eigenvalue weighted by Crippen LogP contribution is 2.39. The highest BCUT2D eigenvalue weighted by molar-refractivity contribution is 5.81. The van der Waals surface area contributed by atoms with Gasteiger partial charge in [0.15, 0.2) is 0 Å². The fourth-order valence-electron chi connectivity index (χ4n) is 3.54. The Morgan fingerprint density at radius 2 is 2.00 bits per heavy atom. The van der Waals surface area contributed by atoms with Gasteiger partial charge in [-0.05, 0) is 42.5 Å². The summed E-state index contributed by atoms with van der Waals surface area (Å²) >= 11 is 0. The van der Waals surface area contributed by atoms with E-state index >= 15 is 0 Å². The number of carbonyl (C=O) groups is 2. The van der Waals surface area contributed by atoms with Crippen LogP contribution in [0.3, 0.4) is 0 Å². The SMILES string of the molecule is O=C(O)N1C2C=C(c3cc(CNC(=O)C(F)(F)F)ccc3F)CC1CC2. The molecule has 1 saturated heterocycles. The topological polar surface area (TPSA) is 69.6 Å². The molecule has 9 heteroatoms. The van der Waals surface area contributed by atoms with Crippen LogP contribution in [-0.2, 0) is 11.3 Å². The number of alkyl halides is 3. The Hall–Kier alpha value is -2.58. The van der Waals surface area contributed by atoms with Crippen molar-refractivity contribution in [2.45, 2.75) is 44.1 Å². The Morgan fingerprint density at radius 3 is 2.62 bits per heavy atom. The summed E-state index contributed by atoms with van der Waals surface area (Å²) in [5.74, 6) is -2.60. The number of hydrogen-bond acceptors (Lipinski definition) is 2. The average Bonchev–Trinajstić information content (AvgIpc) is 2.83. The lowest BCUT2D eigenvalue weighted by molar-refractivity contribution is -0.173. The normalized spacial score (nSPS) is 22.2. The fourth-order valence-corrected chi connectivity index (χ4v) is 3.54. The summed E-state index contributed by atoms with van der Waals surface area (Å²) in [6.07, 6.45) is -2.61. The number of carbonyl (C=O) groups excluding carboxylic acids is 1. The Kier molecular flexibility index (Phi) is 4.64. The summed E-state index contributed by atoms with van der Waals surface area (Å²) < 4.78 is 51.0. The second-order valence-corrected chi connectivity index (χ2v) is 6.38. The molecule has 0 spiro atoms. The molecule has 0 saturated carbocycles. The first kappa shape index (κ1) is 18.2. The molecule has 2 atom stereocenters. The first-order valence-electron chi connectivity index (χ1n) is 8.02. The van der Waals surface area contributed by atoms with E-state index in [0.29, 0.717) is 30.4 Å². The summed E-state index contributed by atoms with van der Waals surface area (Å²) in [5, 5.41) is 11.0. The van der Waals surface area contributed by atoms with Crippen LogP contribution in [0.25, 0.3) is 5.57 Å². The van der Waals surface area contributed by atoms with Crippen LogP contribution in [0.5, 0.6) is 0 Å². The van der Waals surface area contributed by atoms with Gasteiger partial charge in [0.25, 0.3) is 0 Å². The zero-order valence-corrected chi connectivity index (χ0v) is 13.5. The molecule has 2 aliphatic heterocycles. The molecule has 5 nitrogen and oxygen atoms in total. The van der Waals surface area contributed by atoms with E-state index in [9.17, 15) is 32.3 Å². The monoisotopic (exact) mass is 372 g/mol. The molecule has 1 fully saturated rings. The molecular weight excluding hydrogens is 356 g/mol. The van der Waals surface area contributed by atoms with Crippen molar-refractivity contribution in [3.05, 3.63) is 41.2 Å². The van der Waals surface area contributed by atoms with Gasteiger partial charge in [0.2, 0.25) is 0 Å². The molecule has 2 bridgehead atoms. The van der Waals surface area contributed by atoms with Crippen LogP contribution in [0.15, 0.2) is 24.3 Å². The summed E-state index contributed by atoms with van der Waals surface area (Å²) in [4.78, 5) is 23.6. The standard InChI is InChI=1S/C17H16F4N2O3/c18-14-4-1-9(8-22-15(24)17(19,20)21)5-13(14)10-6-11-2-3-12(7-10)23(11)16(25)26/h1,4-6,11-12H,2-3,7-8H2,(H,22,24)(H,25,26). The number of fused-ring (bicyclic) bond motifs is 2. The van der Waals surface area contributed by atoms with Gasteiger partial charge in [-0.25, -0.2) is 9.18 Å². The van der Waals surface area contributed by atoms with Crippen molar-refractivity contribution >= 4 is 17.6 Å². The highest BCUT2D eigenvalue weighted by atomic mass is 19.4. The summed E-state index contributed by atoms with van der Waals surface area (Å²) in [6, 6.07) is 3.28. The van der Waals surface area contributed by atoms with Crippen LogP contribution in [0, 0.1) is 5.82 Å². The fraction of sp³-hybridized carbons (Fsp3) is 0.412. The van der Waals surface area contributed by atoms with Crippen molar-refractivity contribution in [3.8, 4) is 0 Å². The van der Waals surface area contributed by atoms with Gasteiger partial charge < -0.3 is 10.4 Å². The maximum atomic E-state index is 14.2. The predicted molar refractivity (Wildman–Crippen MR) is 83.6 cm³/mol. The zero-order valence-electron chi connectivity index (χ0n) is 13.5. The molecule has 2 unspecified atom stereocenters. The van der Waals surface area contributed by atoms with Gasteiger partial charge in [-0.2, -0.15) is 13.2 Å². The molecule has 140 valence electrons. The van der Waals surface area contributed by atoms with Crippen molar-refractivity contribution in [1.29, 1.82) is 0 Å². The van der Waals surface area contributed by atoms with Crippen LogP contribution >= 0.6 is 0 Å². The Labute approximate surface area is 146 Å². The molecule has 0 radical (unpaired) electrons. The van der Waals surface area contributed by atoms with Gasteiger partial charge in [-0.3, -0.25) is 9.69 Å². The summed E-state index contributed by atoms with van der Waals surface area (Å²) in [5.41, 5.74) is 1.19. The molecular formula is C17H16F4N2O3. The second-order valence-electron chi connectivity index (χ2n) is 6.38. The number of halogens is 4. The van der Waals surface area contributed by atoms with Gasteiger partial charge in [0, 0.05) is 18.2 Å². The maximum absolute atomic E-state index is 14.2. The number of nitrogens with zero attached hydrogens (tertiary/aromatic N) is 1. The number of amides is 2. The van der Waals surface area contributed by atoms with E-state index in [1.165, 1.54) is 17.0 Å². The lowest BCUT2D eigenvalue weighted by Crippen LogP contribution is -2.42. The van der Waals surface area contributed by atoms with E-state index in [-0.39, 0.29) is 24.2 Å². The molecule has 3 rings (SSSR count).